The van der Waals surface area contributed by atoms with Gasteiger partial charge in [-0.1, -0.05) is 6.07 Å². The standard InChI is InChI=1S/C20H24N6O2/c1-4-28-15-8-6-12-9-13(5-7-14(12)26-15)17(21)16-18(22)24-11-25-19(16)23-10-20(2,3)27/h5-9,11,21,27H,4,10H2,1-3H3,(H3,22,23,24,25)/p+1. The molecule has 0 saturated carbocycles. The van der Waals surface area contributed by atoms with Crippen LogP contribution in [0.3, 0.4) is 0 Å². The van der Waals surface area contributed by atoms with E-state index in [2.05, 4.69) is 15.0 Å². The second-order valence-electron chi connectivity index (χ2n) is 7.10. The highest BCUT2D eigenvalue weighted by Crippen LogP contribution is 2.23. The number of hydrogen-bond acceptors (Lipinski definition) is 7. The maximum atomic E-state index is 10.00. The van der Waals surface area contributed by atoms with Crippen LogP contribution in [-0.4, -0.2) is 44.5 Å². The van der Waals surface area contributed by atoms with Crippen molar-refractivity contribution >= 4 is 28.3 Å². The number of anilines is 1. The van der Waals surface area contributed by atoms with Gasteiger partial charge in [0.25, 0.3) is 0 Å². The van der Waals surface area contributed by atoms with Gasteiger partial charge in [0.1, 0.15) is 29.9 Å². The van der Waals surface area contributed by atoms with Crippen molar-refractivity contribution in [3.8, 4) is 5.88 Å². The summed E-state index contributed by atoms with van der Waals surface area (Å²) >= 11 is 0. The van der Waals surface area contributed by atoms with Crippen LogP contribution in [-0.2, 0) is 0 Å². The molecule has 0 aliphatic heterocycles. The van der Waals surface area contributed by atoms with Crippen LogP contribution in [0, 0.1) is 5.41 Å². The van der Waals surface area contributed by atoms with E-state index in [-0.39, 0.29) is 11.5 Å². The van der Waals surface area contributed by atoms with Gasteiger partial charge in [-0.25, -0.2) is 9.97 Å². The third-order valence-corrected chi connectivity index (χ3v) is 4.20. The number of nitrogens with one attached hydrogen (secondary N) is 1. The van der Waals surface area contributed by atoms with Crippen LogP contribution in [0.15, 0.2) is 36.7 Å². The maximum Gasteiger partial charge on any atom is 0.239 e. The summed E-state index contributed by atoms with van der Waals surface area (Å²) in [7, 11) is 0. The Bertz CT molecular complexity index is 1010. The normalized spacial score (nSPS) is 11.6. The number of quaternary nitrogens is 1. The second-order valence-corrected chi connectivity index (χ2v) is 7.10. The third-order valence-electron chi connectivity index (χ3n) is 4.20. The fourth-order valence-corrected chi connectivity index (χ4v) is 2.81. The zero-order chi connectivity index (χ0) is 20.3. The van der Waals surface area contributed by atoms with Gasteiger partial charge in [-0.05, 0) is 39.0 Å². The molecular formula is C20H25N6O2+. The molecule has 0 aliphatic rings. The van der Waals surface area contributed by atoms with E-state index in [1.165, 1.54) is 6.33 Å². The number of rotatable bonds is 7. The Morgan fingerprint density at radius 2 is 2.04 bits per heavy atom. The number of nitrogens with zero attached hydrogens (tertiary/aromatic N) is 3. The molecule has 0 bridgehead atoms. The molecule has 0 unspecified atom stereocenters. The average Bonchev–Trinajstić information content (AvgIpc) is 2.65. The highest BCUT2D eigenvalue weighted by atomic mass is 16.5. The first-order chi connectivity index (χ1) is 13.3. The number of nitrogens with two attached hydrogens (primary N) is 2. The van der Waals surface area contributed by atoms with Crippen LogP contribution >= 0.6 is 0 Å². The van der Waals surface area contributed by atoms with Crippen molar-refractivity contribution in [1.82, 2.24) is 15.0 Å². The molecule has 0 spiro atoms. The summed E-state index contributed by atoms with van der Waals surface area (Å²) in [6.07, 6.45) is 1.36. The van der Waals surface area contributed by atoms with Crippen molar-refractivity contribution in [2.75, 3.05) is 18.9 Å². The van der Waals surface area contributed by atoms with Crippen LogP contribution in [0.2, 0.25) is 0 Å². The first-order valence-electron chi connectivity index (χ1n) is 9.07. The van der Waals surface area contributed by atoms with Gasteiger partial charge >= 0.3 is 0 Å². The van der Waals surface area contributed by atoms with E-state index in [1.807, 2.05) is 37.3 Å². The van der Waals surface area contributed by atoms with E-state index in [9.17, 15) is 5.11 Å². The SMILES string of the molecule is CCOc1ccc2cc(C(=N)c3c(N)ncnc3[NH2+]CC(C)(C)O)ccc2n1. The largest absolute Gasteiger partial charge is 0.478 e. The van der Waals surface area contributed by atoms with Gasteiger partial charge < -0.3 is 15.6 Å². The van der Waals surface area contributed by atoms with E-state index in [1.54, 1.807) is 19.2 Å². The van der Waals surface area contributed by atoms with Gasteiger partial charge in [0.05, 0.1) is 17.8 Å². The first kappa shape index (κ1) is 19.7. The number of fused-ring (bicyclic) bond motifs is 1. The summed E-state index contributed by atoms with van der Waals surface area (Å²) in [5.41, 5.74) is 7.31. The van der Waals surface area contributed by atoms with Crippen LogP contribution in [0.1, 0.15) is 31.9 Å². The Labute approximate surface area is 163 Å². The summed E-state index contributed by atoms with van der Waals surface area (Å²) in [6, 6.07) is 9.27. The molecule has 146 valence electrons. The lowest BCUT2D eigenvalue weighted by Gasteiger charge is -2.16. The lowest BCUT2D eigenvalue weighted by Crippen LogP contribution is -2.83. The zero-order valence-electron chi connectivity index (χ0n) is 16.2. The van der Waals surface area contributed by atoms with Crippen molar-refractivity contribution in [2.24, 2.45) is 0 Å². The Morgan fingerprint density at radius 1 is 1.25 bits per heavy atom. The molecule has 28 heavy (non-hydrogen) atoms. The third kappa shape index (κ3) is 4.41. The molecule has 0 aliphatic carbocycles. The molecule has 8 heteroatoms. The van der Waals surface area contributed by atoms with E-state index in [4.69, 9.17) is 15.9 Å². The molecule has 8 nitrogen and oxygen atoms in total. The lowest BCUT2D eigenvalue weighted by molar-refractivity contribution is -0.589. The van der Waals surface area contributed by atoms with Crippen molar-refractivity contribution < 1.29 is 15.2 Å². The number of benzene rings is 1. The quantitative estimate of drug-likeness (QED) is 0.457. The minimum absolute atomic E-state index is 0.218. The smallest absolute Gasteiger partial charge is 0.239 e. The molecule has 1 aromatic carbocycles. The number of nitrogen functional groups attached to an aromatic ring is 1. The van der Waals surface area contributed by atoms with E-state index in [0.29, 0.717) is 36.0 Å². The van der Waals surface area contributed by atoms with Crippen molar-refractivity contribution in [3.05, 3.63) is 47.8 Å². The van der Waals surface area contributed by atoms with Gasteiger partial charge in [-0.3, -0.25) is 10.7 Å². The molecule has 0 amide bonds. The predicted octanol–water partition coefficient (Wildman–Crippen LogP) is 1.39. The van der Waals surface area contributed by atoms with Gasteiger partial charge in [0.15, 0.2) is 0 Å². The number of aromatic nitrogens is 3. The molecule has 0 fully saturated rings. The monoisotopic (exact) mass is 381 g/mol. The summed E-state index contributed by atoms with van der Waals surface area (Å²) in [5, 5.41) is 21.3. The minimum atomic E-state index is -0.883. The van der Waals surface area contributed by atoms with Gasteiger partial charge in [0.2, 0.25) is 11.7 Å². The molecule has 0 radical (unpaired) electrons. The number of pyridine rings is 1. The van der Waals surface area contributed by atoms with Crippen molar-refractivity contribution in [1.29, 1.82) is 5.41 Å². The van der Waals surface area contributed by atoms with Crippen molar-refractivity contribution in [3.63, 3.8) is 0 Å². The highest BCUT2D eigenvalue weighted by molar-refractivity contribution is 6.16. The van der Waals surface area contributed by atoms with E-state index in [0.717, 1.165) is 10.9 Å². The fraction of sp³-hybridized carbons (Fsp3) is 0.300. The Hall–Kier alpha value is -3.10. The van der Waals surface area contributed by atoms with Crippen LogP contribution in [0.25, 0.3) is 10.9 Å². The molecule has 6 N–H and O–H groups in total. The average molecular weight is 381 g/mol. The highest BCUT2D eigenvalue weighted by Gasteiger charge is 2.22. The first-order valence-corrected chi connectivity index (χ1v) is 9.07. The lowest BCUT2D eigenvalue weighted by atomic mass is 10.0. The Kier molecular flexibility index (Phi) is 5.53. The fourth-order valence-electron chi connectivity index (χ4n) is 2.81. The number of ether oxygens (including phenoxy) is 1. The molecule has 3 rings (SSSR count). The Morgan fingerprint density at radius 3 is 2.75 bits per heavy atom. The summed E-state index contributed by atoms with van der Waals surface area (Å²) in [5.74, 6) is 1.33. The van der Waals surface area contributed by atoms with Gasteiger partial charge in [-0.2, -0.15) is 4.98 Å². The summed E-state index contributed by atoms with van der Waals surface area (Å²) in [4.78, 5) is 12.7. The summed E-state index contributed by atoms with van der Waals surface area (Å²) in [6.45, 7) is 6.27. The molecule has 3 aromatic rings. The van der Waals surface area contributed by atoms with Crippen LogP contribution in [0.5, 0.6) is 5.88 Å². The molecular weight excluding hydrogens is 356 g/mol. The minimum Gasteiger partial charge on any atom is -0.478 e. The number of hydrogen-bond donors (Lipinski definition) is 4. The molecule has 0 saturated heterocycles. The van der Waals surface area contributed by atoms with Crippen molar-refractivity contribution in [2.45, 2.75) is 26.4 Å². The molecule has 2 heterocycles. The van der Waals surface area contributed by atoms with Crippen LogP contribution < -0.4 is 15.8 Å². The van der Waals surface area contributed by atoms with E-state index >= 15 is 0 Å². The predicted molar refractivity (Wildman–Crippen MR) is 108 cm³/mol. The summed E-state index contributed by atoms with van der Waals surface area (Å²) < 4.78 is 5.44. The topological polar surface area (TPSA) is 135 Å². The number of aliphatic hydroxyl groups is 1. The van der Waals surface area contributed by atoms with Gasteiger partial charge in [0, 0.05) is 17.0 Å². The zero-order valence-corrected chi connectivity index (χ0v) is 16.2. The van der Waals surface area contributed by atoms with Gasteiger partial charge in [-0.15, -0.1) is 0 Å². The maximum absolute atomic E-state index is 10.00. The molecule has 2 aromatic heterocycles. The van der Waals surface area contributed by atoms with Crippen LogP contribution in [0.4, 0.5) is 11.6 Å². The molecule has 0 atom stereocenters. The Balaban J connectivity index is 1.96. The van der Waals surface area contributed by atoms with E-state index < -0.39 is 5.60 Å². The second kappa shape index (κ2) is 7.87.